The van der Waals surface area contributed by atoms with Gasteiger partial charge in [-0.25, -0.2) is 0 Å². The summed E-state index contributed by atoms with van der Waals surface area (Å²) in [6, 6.07) is 20.9. The summed E-state index contributed by atoms with van der Waals surface area (Å²) >= 11 is 0. The van der Waals surface area contributed by atoms with Crippen LogP contribution in [0.5, 0.6) is 0 Å². The van der Waals surface area contributed by atoms with Crippen molar-refractivity contribution in [2.75, 3.05) is 19.6 Å². The van der Waals surface area contributed by atoms with E-state index in [2.05, 4.69) is 70.8 Å². The molecule has 2 N–H and O–H groups in total. The average molecular weight is 339 g/mol. The smallest absolute Gasteiger partial charge is 0.0596 e. The van der Waals surface area contributed by atoms with E-state index in [0.717, 1.165) is 51.3 Å². The van der Waals surface area contributed by atoms with Gasteiger partial charge in [0, 0.05) is 39.0 Å². The van der Waals surface area contributed by atoms with E-state index in [1.54, 1.807) is 0 Å². The van der Waals surface area contributed by atoms with Crippen LogP contribution in [0.4, 0.5) is 0 Å². The van der Waals surface area contributed by atoms with E-state index >= 15 is 0 Å². The molecule has 0 bridgehead atoms. The molecule has 1 saturated heterocycles. The number of nitrogens with zero attached hydrogens (tertiary/aromatic N) is 2. The molecular formula is C21H29N3O. The van der Waals surface area contributed by atoms with Crippen LogP contribution in [0.15, 0.2) is 65.8 Å². The molecule has 2 aromatic rings. The van der Waals surface area contributed by atoms with Gasteiger partial charge in [-0.3, -0.25) is 0 Å². The number of hydrogen-bond acceptors (Lipinski definition) is 4. The first-order valence-corrected chi connectivity index (χ1v) is 9.02. The van der Waals surface area contributed by atoms with Gasteiger partial charge < -0.3 is 15.4 Å². The van der Waals surface area contributed by atoms with Crippen LogP contribution in [0.3, 0.4) is 0 Å². The van der Waals surface area contributed by atoms with Gasteiger partial charge in [0.25, 0.3) is 0 Å². The molecular weight excluding hydrogens is 310 g/mol. The quantitative estimate of drug-likeness (QED) is 0.641. The first kappa shape index (κ1) is 19.2. The molecule has 2 aromatic carbocycles. The lowest BCUT2D eigenvalue weighted by molar-refractivity contribution is 0.274. The highest BCUT2D eigenvalue weighted by Crippen LogP contribution is 2.05. The van der Waals surface area contributed by atoms with Crippen molar-refractivity contribution in [3.8, 4) is 0 Å². The summed E-state index contributed by atoms with van der Waals surface area (Å²) < 4.78 is 0. The Morgan fingerprint density at radius 3 is 1.76 bits per heavy atom. The lowest BCUT2D eigenvalue weighted by Crippen LogP contribution is -2.33. The molecule has 0 aliphatic carbocycles. The van der Waals surface area contributed by atoms with Gasteiger partial charge in [-0.1, -0.05) is 72.7 Å². The highest BCUT2D eigenvalue weighted by Gasteiger charge is 2.12. The van der Waals surface area contributed by atoms with Crippen molar-refractivity contribution < 1.29 is 5.21 Å². The van der Waals surface area contributed by atoms with Crippen molar-refractivity contribution in [2.24, 2.45) is 5.16 Å². The Bertz CT molecular complexity index is 564. The predicted molar refractivity (Wildman–Crippen MR) is 104 cm³/mol. The van der Waals surface area contributed by atoms with Crippen LogP contribution in [0.1, 0.15) is 30.9 Å². The topological polar surface area (TPSA) is 47.9 Å². The molecule has 4 nitrogen and oxygen atoms in total. The number of likely N-dealkylation sites (tertiary alicyclic amines) is 1. The monoisotopic (exact) mass is 339 g/mol. The van der Waals surface area contributed by atoms with Gasteiger partial charge in [-0.05, 0) is 17.7 Å². The SMILES string of the molecule is CCN1CCC(=NO)CC1.c1ccc(CNCc2ccccc2)cc1. The van der Waals surface area contributed by atoms with Crippen molar-refractivity contribution in [1.29, 1.82) is 0 Å². The number of piperidine rings is 1. The van der Waals surface area contributed by atoms with E-state index in [9.17, 15) is 0 Å². The molecule has 4 heteroatoms. The van der Waals surface area contributed by atoms with Crippen LogP contribution in [0.25, 0.3) is 0 Å². The molecule has 0 aromatic heterocycles. The van der Waals surface area contributed by atoms with Crippen molar-refractivity contribution in [3.63, 3.8) is 0 Å². The van der Waals surface area contributed by atoms with E-state index in [-0.39, 0.29) is 0 Å². The summed E-state index contributed by atoms with van der Waals surface area (Å²) in [4.78, 5) is 2.36. The lowest BCUT2D eigenvalue weighted by atomic mass is 10.1. The number of nitrogens with one attached hydrogen (secondary N) is 1. The van der Waals surface area contributed by atoms with Crippen LogP contribution in [0.2, 0.25) is 0 Å². The van der Waals surface area contributed by atoms with Crippen molar-refractivity contribution in [3.05, 3.63) is 71.8 Å². The molecule has 0 radical (unpaired) electrons. The van der Waals surface area contributed by atoms with Crippen molar-refractivity contribution >= 4 is 5.71 Å². The van der Waals surface area contributed by atoms with Gasteiger partial charge >= 0.3 is 0 Å². The maximum Gasteiger partial charge on any atom is 0.0596 e. The zero-order valence-corrected chi connectivity index (χ0v) is 15.1. The second-order valence-electron chi connectivity index (χ2n) is 6.18. The molecule has 134 valence electrons. The molecule has 3 rings (SSSR count). The summed E-state index contributed by atoms with van der Waals surface area (Å²) in [5.74, 6) is 0. The molecule has 0 amide bonds. The average Bonchev–Trinajstić information content (AvgIpc) is 2.70. The van der Waals surface area contributed by atoms with Crippen LogP contribution < -0.4 is 5.32 Å². The maximum atomic E-state index is 8.42. The minimum absolute atomic E-state index is 0.926. The van der Waals surface area contributed by atoms with Crippen LogP contribution in [-0.4, -0.2) is 35.5 Å². The number of rotatable bonds is 5. The number of hydrogen-bond donors (Lipinski definition) is 2. The van der Waals surface area contributed by atoms with Gasteiger partial charge in [-0.15, -0.1) is 0 Å². The predicted octanol–water partition coefficient (Wildman–Crippen LogP) is 3.91. The van der Waals surface area contributed by atoms with Gasteiger partial charge in [0.05, 0.1) is 5.71 Å². The lowest BCUT2D eigenvalue weighted by Gasteiger charge is -2.24. The summed E-state index contributed by atoms with van der Waals surface area (Å²) in [6.45, 7) is 7.22. The first-order valence-electron chi connectivity index (χ1n) is 9.02. The second-order valence-corrected chi connectivity index (χ2v) is 6.18. The number of oxime groups is 1. The fourth-order valence-corrected chi connectivity index (χ4v) is 2.77. The molecule has 1 heterocycles. The van der Waals surface area contributed by atoms with Crippen molar-refractivity contribution in [2.45, 2.75) is 32.9 Å². The third-order valence-corrected chi connectivity index (χ3v) is 4.37. The third-order valence-electron chi connectivity index (χ3n) is 4.37. The summed E-state index contributed by atoms with van der Waals surface area (Å²) in [5, 5.41) is 15.0. The minimum Gasteiger partial charge on any atom is -0.411 e. The zero-order chi connectivity index (χ0) is 17.7. The van der Waals surface area contributed by atoms with Gasteiger partial charge in [0.2, 0.25) is 0 Å². The molecule has 1 fully saturated rings. The maximum absolute atomic E-state index is 8.42. The fraction of sp³-hybridized carbons (Fsp3) is 0.381. The third kappa shape index (κ3) is 7.50. The van der Waals surface area contributed by atoms with Crippen LogP contribution >= 0.6 is 0 Å². The van der Waals surface area contributed by atoms with Crippen LogP contribution in [-0.2, 0) is 13.1 Å². The number of benzene rings is 2. The Morgan fingerprint density at radius 2 is 1.36 bits per heavy atom. The minimum atomic E-state index is 0.926. The molecule has 0 unspecified atom stereocenters. The summed E-state index contributed by atoms with van der Waals surface area (Å²) in [7, 11) is 0. The standard InChI is InChI=1S/C14H15N.C7H14N2O/c1-3-7-13(8-4-1)11-15-12-14-9-5-2-6-10-14;1-2-9-5-3-7(8-10)4-6-9/h1-10,15H,11-12H2;10H,2-6H2,1H3. The van der Waals surface area contributed by atoms with E-state index < -0.39 is 0 Å². The van der Waals surface area contributed by atoms with Gasteiger partial charge in [0.1, 0.15) is 0 Å². The molecule has 0 atom stereocenters. The Morgan fingerprint density at radius 1 is 0.880 bits per heavy atom. The first-order chi connectivity index (χ1) is 12.3. The second kappa shape index (κ2) is 11.4. The van der Waals surface area contributed by atoms with E-state index in [1.165, 1.54) is 11.1 Å². The normalized spacial score (nSPS) is 14.5. The zero-order valence-electron chi connectivity index (χ0n) is 15.1. The highest BCUT2D eigenvalue weighted by molar-refractivity contribution is 5.84. The molecule has 1 aliphatic rings. The largest absolute Gasteiger partial charge is 0.411 e. The van der Waals surface area contributed by atoms with Crippen molar-refractivity contribution in [1.82, 2.24) is 10.2 Å². The Hall–Kier alpha value is -2.17. The summed E-state index contributed by atoms with van der Waals surface area (Å²) in [5.41, 5.74) is 3.60. The van der Waals surface area contributed by atoms with Crippen LogP contribution in [0, 0.1) is 0 Å². The molecule has 25 heavy (non-hydrogen) atoms. The van der Waals surface area contributed by atoms with E-state index in [0.29, 0.717) is 0 Å². The fourth-order valence-electron chi connectivity index (χ4n) is 2.77. The van der Waals surface area contributed by atoms with Gasteiger partial charge in [0.15, 0.2) is 0 Å². The molecule has 0 saturated carbocycles. The molecule has 1 aliphatic heterocycles. The molecule has 0 spiro atoms. The van der Waals surface area contributed by atoms with E-state index in [4.69, 9.17) is 5.21 Å². The highest BCUT2D eigenvalue weighted by atomic mass is 16.4. The van der Waals surface area contributed by atoms with E-state index in [1.807, 2.05) is 12.1 Å². The van der Waals surface area contributed by atoms with Gasteiger partial charge in [-0.2, -0.15) is 0 Å². The Kier molecular flexibility index (Phi) is 8.73. The summed E-state index contributed by atoms with van der Waals surface area (Å²) in [6.07, 6.45) is 1.87. The Labute approximate surface area is 151 Å². The Balaban J connectivity index is 0.000000196.